The van der Waals surface area contributed by atoms with Gasteiger partial charge in [0.1, 0.15) is 12.4 Å². The molecule has 10 nitrogen and oxygen atoms in total. The third-order valence-corrected chi connectivity index (χ3v) is 5.35. The molecule has 33 heavy (non-hydrogen) atoms. The van der Waals surface area contributed by atoms with Crippen LogP contribution in [0.5, 0.6) is 0 Å². The Hall–Kier alpha value is -4.21. The Morgan fingerprint density at radius 2 is 2.09 bits per heavy atom. The number of rotatable bonds is 8. The fourth-order valence-electron chi connectivity index (χ4n) is 3.73. The van der Waals surface area contributed by atoms with E-state index in [0.29, 0.717) is 18.2 Å². The smallest absolute Gasteiger partial charge is 0.247 e. The second-order valence-corrected chi connectivity index (χ2v) is 7.72. The maximum atomic E-state index is 11.6. The molecule has 0 fully saturated rings. The Morgan fingerprint density at radius 3 is 2.88 bits per heavy atom. The summed E-state index contributed by atoms with van der Waals surface area (Å²) in [6.45, 7) is 7.10. The van der Waals surface area contributed by atoms with Crippen LogP contribution >= 0.6 is 0 Å². The topological polar surface area (TPSA) is 117 Å². The molecule has 3 heterocycles. The Bertz CT molecular complexity index is 1200. The van der Waals surface area contributed by atoms with Crippen LogP contribution in [0.2, 0.25) is 0 Å². The highest BCUT2D eigenvalue weighted by Crippen LogP contribution is 2.31. The van der Waals surface area contributed by atoms with Gasteiger partial charge < -0.3 is 20.9 Å². The third kappa shape index (κ3) is 5.17. The Kier molecular flexibility index (Phi) is 6.34. The summed E-state index contributed by atoms with van der Waals surface area (Å²) in [5.74, 6) is 1.00. The van der Waals surface area contributed by atoms with Crippen LogP contribution in [0.4, 0.5) is 23.1 Å². The van der Waals surface area contributed by atoms with Crippen LogP contribution in [0.3, 0.4) is 0 Å². The van der Waals surface area contributed by atoms with Crippen molar-refractivity contribution in [3.05, 3.63) is 66.1 Å². The quantitative estimate of drug-likeness (QED) is 0.454. The SMILES string of the molecule is C=CC(=O)Nc1cccc(CN2CCc3c(C)nc(Nc4cnn(CC(=O)NC)c4)nc32)c1. The zero-order valence-electron chi connectivity index (χ0n) is 18.6. The van der Waals surface area contributed by atoms with E-state index in [0.717, 1.165) is 41.3 Å². The first kappa shape index (κ1) is 22.0. The first-order valence-corrected chi connectivity index (χ1v) is 10.6. The number of amides is 2. The zero-order chi connectivity index (χ0) is 23.4. The van der Waals surface area contributed by atoms with E-state index in [1.807, 2.05) is 31.2 Å². The summed E-state index contributed by atoms with van der Waals surface area (Å²) < 4.78 is 1.55. The average molecular weight is 447 g/mol. The molecule has 0 spiro atoms. The Labute approximate surface area is 191 Å². The lowest BCUT2D eigenvalue weighted by Crippen LogP contribution is -2.23. The van der Waals surface area contributed by atoms with E-state index in [-0.39, 0.29) is 18.4 Å². The van der Waals surface area contributed by atoms with Crippen molar-refractivity contribution in [1.29, 1.82) is 0 Å². The number of nitrogens with one attached hydrogen (secondary N) is 3. The zero-order valence-corrected chi connectivity index (χ0v) is 18.6. The van der Waals surface area contributed by atoms with Gasteiger partial charge in [-0.1, -0.05) is 18.7 Å². The van der Waals surface area contributed by atoms with Crippen molar-refractivity contribution in [2.45, 2.75) is 26.4 Å². The number of aryl methyl sites for hydroxylation is 1. The highest BCUT2D eigenvalue weighted by molar-refractivity contribution is 5.98. The number of hydrogen-bond acceptors (Lipinski definition) is 7. The van der Waals surface area contributed by atoms with Crippen molar-refractivity contribution in [1.82, 2.24) is 25.1 Å². The Balaban J connectivity index is 1.50. The summed E-state index contributed by atoms with van der Waals surface area (Å²) in [6, 6.07) is 7.74. The Morgan fingerprint density at radius 1 is 1.24 bits per heavy atom. The van der Waals surface area contributed by atoms with E-state index in [9.17, 15) is 9.59 Å². The molecule has 4 rings (SSSR count). The number of carbonyl (C=O) groups excluding carboxylic acids is 2. The van der Waals surface area contributed by atoms with Crippen LogP contribution < -0.4 is 20.9 Å². The largest absolute Gasteiger partial charge is 0.358 e. The molecule has 2 amide bonds. The summed E-state index contributed by atoms with van der Waals surface area (Å²) in [5.41, 5.74) is 4.55. The number of aromatic nitrogens is 4. The lowest BCUT2D eigenvalue weighted by Gasteiger charge is -2.19. The van der Waals surface area contributed by atoms with Gasteiger partial charge in [0.25, 0.3) is 0 Å². The first-order valence-electron chi connectivity index (χ1n) is 10.6. The fraction of sp³-hybridized carbons (Fsp3) is 0.261. The maximum absolute atomic E-state index is 11.6. The van der Waals surface area contributed by atoms with E-state index < -0.39 is 0 Å². The minimum absolute atomic E-state index is 0.127. The van der Waals surface area contributed by atoms with Gasteiger partial charge in [-0.25, -0.2) is 4.98 Å². The molecule has 1 aliphatic heterocycles. The highest BCUT2D eigenvalue weighted by atomic mass is 16.2. The molecular formula is C23H26N8O2. The first-order chi connectivity index (χ1) is 15.9. The number of carbonyl (C=O) groups is 2. The number of likely N-dealkylation sites (N-methyl/N-ethyl adjacent to an activating group) is 1. The van der Waals surface area contributed by atoms with Crippen molar-refractivity contribution >= 4 is 35.0 Å². The molecule has 3 aromatic rings. The summed E-state index contributed by atoms with van der Waals surface area (Å²) in [6.07, 6.45) is 5.50. The minimum Gasteiger partial charge on any atom is -0.358 e. The molecule has 0 saturated heterocycles. The van der Waals surface area contributed by atoms with E-state index in [4.69, 9.17) is 4.98 Å². The molecule has 0 unspecified atom stereocenters. The lowest BCUT2D eigenvalue weighted by molar-refractivity contribution is -0.121. The van der Waals surface area contributed by atoms with E-state index >= 15 is 0 Å². The van der Waals surface area contributed by atoms with Gasteiger partial charge in [-0.2, -0.15) is 10.1 Å². The molecule has 0 bridgehead atoms. The number of benzene rings is 1. The van der Waals surface area contributed by atoms with Crippen molar-refractivity contribution in [2.24, 2.45) is 0 Å². The van der Waals surface area contributed by atoms with Crippen LogP contribution in [-0.4, -0.2) is 45.2 Å². The fourth-order valence-corrected chi connectivity index (χ4v) is 3.73. The minimum atomic E-state index is -0.239. The van der Waals surface area contributed by atoms with Gasteiger partial charge in [0.05, 0.1) is 11.9 Å². The molecule has 170 valence electrons. The van der Waals surface area contributed by atoms with Gasteiger partial charge in [-0.3, -0.25) is 14.3 Å². The van der Waals surface area contributed by atoms with E-state index in [2.05, 4.69) is 37.5 Å². The summed E-state index contributed by atoms with van der Waals surface area (Å²) in [4.78, 5) is 34.7. The molecule has 10 heteroatoms. The van der Waals surface area contributed by atoms with Crippen molar-refractivity contribution < 1.29 is 9.59 Å². The van der Waals surface area contributed by atoms with Crippen LogP contribution in [-0.2, 0) is 29.1 Å². The monoisotopic (exact) mass is 446 g/mol. The van der Waals surface area contributed by atoms with E-state index in [1.165, 1.54) is 6.08 Å². The molecule has 1 aliphatic rings. The van der Waals surface area contributed by atoms with Gasteiger partial charge in [-0.15, -0.1) is 0 Å². The van der Waals surface area contributed by atoms with Gasteiger partial charge in [0.15, 0.2) is 0 Å². The van der Waals surface area contributed by atoms with Crippen molar-refractivity contribution in [2.75, 3.05) is 29.1 Å². The predicted octanol–water partition coefficient (Wildman–Crippen LogP) is 2.16. The maximum Gasteiger partial charge on any atom is 0.247 e. The van der Waals surface area contributed by atoms with Crippen LogP contribution in [0.25, 0.3) is 0 Å². The number of hydrogen-bond donors (Lipinski definition) is 3. The molecule has 0 aliphatic carbocycles. The second kappa shape index (κ2) is 9.51. The molecule has 0 radical (unpaired) electrons. The summed E-state index contributed by atoms with van der Waals surface area (Å²) >= 11 is 0. The van der Waals surface area contributed by atoms with Gasteiger partial charge in [0.2, 0.25) is 17.8 Å². The van der Waals surface area contributed by atoms with Gasteiger partial charge in [0, 0.05) is 43.3 Å². The van der Waals surface area contributed by atoms with Crippen molar-refractivity contribution in [3.63, 3.8) is 0 Å². The number of anilines is 4. The van der Waals surface area contributed by atoms with Crippen LogP contribution in [0.15, 0.2) is 49.3 Å². The van der Waals surface area contributed by atoms with Crippen LogP contribution in [0, 0.1) is 6.92 Å². The molecule has 1 aromatic carbocycles. The second-order valence-electron chi connectivity index (χ2n) is 7.72. The molecule has 0 saturated carbocycles. The predicted molar refractivity (Wildman–Crippen MR) is 126 cm³/mol. The molecular weight excluding hydrogens is 420 g/mol. The molecule has 3 N–H and O–H groups in total. The van der Waals surface area contributed by atoms with Gasteiger partial charge in [-0.05, 0) is 37.1 Å². The van der Waals surface area contributed by atoms with Gasteiger partial charge >= 0.3 is 0 Å². The summed E-state index contributed by atoms with van der Waals surface area (Å²) in [7, 11) is 1.59. The lowest BCUT2D eigenvalue weighted by atomic mass is 10.2. The normalized spacial score (nSPS) is 12.2. The number of fused-ring (bicyclic) bond motifs is 1. The van der Waals surface area contributed by atoms with Crippen LogP contribution in [0.1, 0.15) is 16.8 Å². The summed E-state index contributed by atoms with van der Waals surface area (Å²) in [5, 5.41) is 12.7. The average Bonchev–Trinajstić information content (AvgIpc) is 3.41. The number of nitrogens with zero attached hydrogens (tertiary/aromatic N) is 5. The molecule has 2 aromatic heterocycles. The standard InChI is InChI=1S/C23H26N8O2/c1-4-20(32)27-17-7-5-6-16(10-17)12-30-9-8-19-15(2)26-23(29-22(19)30)28-18-11-25-31(13-18)14-21(33)24-3/h4-7,10-11,13H,1,8-9,12,14H2,2-3H3,(H,24,33)(H,27,32)(H,26,28,29). The third-order valence-electron chi connectivity index (χ3n) is 5.35. The van der Waals surface area contributed by atoms with E-state index in [1.54, 1.807) is 24.1 Å². The highest BCUT2D eigenvalue weighted by Gasteiger charge is 2.24. The van der Waals surface area contributed by atoms with Crippen molar-refractivity contribution in [3.8, 4) is 0 Å². The molecule has 0 atom stereocenters.